The van der Waals surface area contributed by atoms with Gasteiger partial charge in [0.2, 0.25) is 10.4 Å². The van der Waals surface area contributed by atoms with E-state index in [1.54, 1.807) is 0 Å². The van der Waals surface area contributed by atoms with Crippen molar-refractivity contribution in [2.24, 2.45) is 11.8 Å². The molecule has 0 radical (unpaired) electrons. The van der Waals surface area contributed by atoms with E-state index >= 15 is 0 Å². The second-order valence-corrected chi connectivity index (χ2v) is 7.39. The fourth-order valence-corrected chi connectivity index (χ4v) is 3.52. The minimum Gasteiger partial charge on any atom is -0.726 e. The van der Waals surface area contributed by atoms with Crippen molar-refractivity contribution in [3.8, 4) is 0 Å². The summed E-state index contributed by atoms with van der Waals surface area (Å²) in [5.74, 6) is 1.19. The third kappa shape index (κ3) is 11.4. The zero-order valence-electron chi connectivity index (χ0n) is 14.8. The van der Waals surface area contributed by atoms with Crippen molar-refractivity contribution in [3.63, 3.8) is 0 Å². The monoisotopic (exact) mass is 335 g/mol. The van der Waals surface area contributed by atoms with E-state index in [0.29, 0.717) is 24.7 Å². The molecule has 2 unspecified atom stereocenters. The van der Waals surface area contributed by atoms with Crippen molar-refractivity contribution in [2.45, 2.75) is 98.0 Å². The summed E-state index contributed by atoms with van der Waals surface area (Å²) < 4.78 is 37.6. The second kappa shape index (κ2) is 12.3. The molecule has 5 heteroatoms. The molecule has 0 N–H and O–H groups in total. The van der Waals surface area contributed by atoms with E-state index in [9.17, 15) is 13.0 Å². The van der Waals surface area contributed by atoms with Crippen LogP contribution in [0.1, 0.15) is 91.9 Å². The number of hydrogen-bond acceptors (Lipinski definition) is 4. The molecule has 0 aliphatic heterocycles. The Morgan fingerprint density at radius 2 is 1.32 bits per heavy atom. The van der Waals surface area contributed by atoms with E-state index in [-0.39, 0.29) is 0 Å². The first-order valence-electron chi connectivity index (χ1n) is 9.00. The van der Waals surface area contributed by atoms with E-state index < -0.39 is 16.5 Å². The zero-order chi connectivity index (χ0) is 17.0. The number of unbranched alkanes of at least 4 members (excludes halogenated alkanes) is 1. The first kappa shape index (κ1) is 21.9. The summed E-state index contributed by atoms with van der Waals surface area (Å²) in [6, 6.07) is 0. The van der Waals surface area contributed by atoms with Gasteiger partial charge in [0.15, 0.2) is 0 Å². The smallest absolute Gasteiger partial charge is 0.217 e. The Bertz CT molecular complexity index is 350. The molecule has 0 spiro atoms. The quantitative estimate of drug-likeness (QED) is 0.329. The Hall–Kier alpha value is -0.130. The maximum atomic E-state index is 10.9. The molecule has 0 aromatic rings. The van der Waals surface area contributed by atoms with Crippen LogP contribution in [0.2, 0.25) is 0 Å². The van der Waals surface area contributed by atoms with Crippen LogP contribution < -0.4 is 0 Å². The van der Waals surface area contributed by atoms with Gasteiger partial charge in [0.1, 0.15) is 0 Å². The summed E-state index contributed by atoms with van der Waals surface area (Å²) in [7, 11) is -4.61. The molecule has 4 nitrogen and oxygen atoms in total. The van der Waals surface area contributed by atoms with Crippen LogP contribution in [0.5, 0.6) is 0 Å². The molecule has 0 aliphatic rings. The molecule has 0 bridgehead atoms. The van der Waals surface area contributed by atoms with Gasteiger partial charge in [0.05, 0.1) is 6.10 Å². The first-order valence-corrected chi connectivity index (χ1v) is 10.3. The molecular weight excluding hydrogens is 300 g/mol. The van der Waals surface area contributed by atoms with Gasteiger partial charge in [-0.1, -0.05) is 66.2 Å². The average Bonchev–Trinajstić information content (AvgIpc) is 2.46. The molecule has 0 aliphatic carbocycles. The summed E-state index contributed by atoms with van der Waals surface area (Å²) >= 11 is 0. The topological polar surface area (TPSA) is 66.4 Å². The molecule has 0 saturated heterocycles. The maximum Gasteiger partial charge on any atom is 0.217 e. The van der Waals surface area contributed by atoms with Gasteiger partial charge in [0.25, 0.3) is 0 Å². The Balaban J connectivity index is 4.45. The second-order valence-electron chi connectivity index (χ2n) is 6.38. The number of hydrogen-bond donors (Lipinski definition) is 0. The van der Waals surface area contributed by atoms with Gasteiger partial charge < -0.3 is 4.55 Å². The van der Waals surface area contributed by atoms with Crippen molar-refractivity contribution in [1.29, 1.82) is 0 Å². The largest absolute Gasteiger partial charge is 0.726 e. The molecule has 0 heterocycles. The molecule has 0 fully saturated rings. The van der Waals surface area contributed by atoms with Gasteiger partial charge in [-0.3, -0.25) is 4.18 Å². The minimum atomic E-state index is -4.61. The zero-order valence-corrected chi connectivity index (χ0v) is 15.7. The van der Waals surface area contributed by atoms with Crippen molar-refractivity contribution < 1.29 is 17.2 Å². The third-order valence-corrected chi connectivity index (χ3v) is 5.25. The van der Waals surface area contributed by atoms with E-state index in [1.165, 1.54) is 19.3 Å². The highest BCUT2D eigenvalue weighted by atomic mass is 32.3. The van der Waals surface area contributed by atoms with Crippen molar-refractivity contribution >= 4 is 10.4 Å². The lowest BCUT2D eigenvalue weighted by Crippen LogP contribution is -2.20. The third-order valence-electron chi connectivity index (χ3n) is 4.75. The van der Waals surface area contributed by atoms with Crippen LogP contribution in [0.4, 0.5) is 0 Å². The van der Waals surface area contributed by atoms with E-state index in [2.05, 4.69) is 27.7 Å². The Labute approximate surface area is 138 Å². The van der Waals surface area contributed by atoms with Gasteiger partial charge in [-0.2, -0.15) is 0 Å². The Morgan fingerprint density at radius 3 is 1.73 bits per heavy atom. The minimum absolute atomic E-state index is 0.446. The fourth-order valence-electron chi connectivity index (χ4n) is 2.99. The van der Waals surface area contributed by atoms with Crippen LogP contribution in [0.3, 0.4) is 0 Å². The predicted molar refractivity (Wildman–Crippen MR) is 90.4 cm³/mol. The molecule has 0 aromatic carbocycles. The fraction of sp³-hybridized carbons (Fsp3) is 1.00. The molecule has 0 rings (SSSR count). The van der Waals surface area contributed by atoms with Crippen LogP contribution in [-0.4, -0.2) is 19.1 Å². The lowest BCUT2D eigenvalue weighted by atomic mass is 9.90. The van der Waals surface area contributed by atoms with Crippen molar-refractivity contribution in [2.75, 3.05) is 0 Å². The molecule has 134 valence electrons. The lowest BCUT2D eigenvalue weighted by Gasteiger charge is -2.23. The average molecular weight is 336 g/mol. The van der Waals surface area contributed by atoms with Crippen LogP contribution in [-0.2, 0) is 14.6 Å². The Kier molecular flexibility index (Phi) is 12.2. The SMILES string of the molecule is CCCCC(CC)CCC(CCC(CC)CC)OS(=O)(=O)[O-]. The van der Waals surface area contributed by atoms with Gasteiger partial charge in [-0.05, 0) is 37.5 Å². The van der Waals surface area contributed by atoms with Gasteiger partial charge >= 0.3 is 0 Å². The number of rotatable bonds is 14. The van der Waals surface area contributed by atoms with Gasteiger partial charge in [0, 0.05) is 0 Å². The standard InChI is InChI=1S/C17H36O4S/c1-5-9-10-16(8-4)12-14-17(21-22(18,19)20)13-11-15(6-2)7-3/h15-17H,5-14H2,1-4H3,(H,18,19,20)/p-1. The molecule has 22 heavy (non-hydrogen) atoms. The van der Waals surface area contributed by atoms with Gasteiger partial charge in [-0.15, -0.1) is 0 Å². The molecule has 2 atom stereocenters. The highest BCUT2D eigenvalue weighted by molar-refractivity contribution is 7.80. The summed E-state index contributed by atoms with van der Waals surface area (Å²) in [6.45, 7) is 8.64. The summed E-state index contributed by atoms with van der Waals surface area (Å²) in [5, 5.41) is 0. The first-order chi connectivity index (χ1) is 10.4. The molecule has 0 amide bonds. The summed E-state index contributed by atoms with van der Waals surface area (Å²) in [4.78, 5) is 0. The van der Waals surface area contributed by atoms with E-state index in [1.807, 2.05) is 0 Å². The van der Waals surface area contributed by atoms with E-state index in [0.717, 1.165) is 32.1 Å². The summed E-state index contributed by atoms with van der Waals surface area (Å²) in [5.41, 5.74) is 0. The maximum absolute atomic E-state index is 10.9. The van der Waals surface area contributed by atoms with Gasteiger partial charge in [-0.25, -0.2) is 8.42 Å². The summed E-state index contributed by atoms with van der Waals surface area (Å²) in [6.07, 6.45) is 9.60. The van der Waals surface area contributed by atoms with Crippen molar-refractivity contribution in [3.05, 3.63) is 0 Å². The van der Waals surface area contributed by atoms with Crippen LogP contribution >= 0.6 is 0 Å². The predicted octanol–water partition coefficient (Wildman–Crippen LogP) is 5.04. The van der Waals surface area contributed by atoms with E-state index in [4.69, 9.17) is 4.18 Å². The lowest BCUT2D eigenvalue weighted by molar-refractivity contribution is 0.142. The Morgan fingerprint density at radius 1 is 0.818 bits per heavy atom. The molecule has 0 saturated carbocycles. The molecule has 0 aromatic heterocycles. The molecular formula is C17H35O4S-. The van der Waals surface area contributed by atoms with Crippen molar-refractivity contribution in [1.82, 2.24) is 0 Å². The normalized spacial score (nSPS) is 15.2. The highest BCUT2D eigenvalue weighted by Gasteiger charge is 2.17. The van der Waals surface area contributed by atoms with Crippen LogP contribution in [0.25, 0.3) is 0 Å². The highest BCUT2D eigenvalue weighted by Crippen LogP contribution is 2.24. The van der Waals surface area contributed by atoms with Crippen LogP contribution in [0, 0.1) is 11.8 Å². The van der Waals surface area contributed by atoms with Crippen LogP contribution in [0.15, 0.2) is 0 Å².